The highest BCUT2D eigenvalue weighted by Gasteiger charge is 2.01. The van der Waals surface area contributed by atoms with Crippen molar-refractivity contribution in [1.82, 2.24) is 5.32 Å². The Bertz CT molecular complexity index is 251. The van der Waals surface area contributed by atoms with Gasteiger partial charge >= 0.3 is 0 Å². The lowest BCUT2D eigenvalue weighted by Crippen LogP contribution is -2.26. The molecule has 0 saturated carbocycles. The molecule has 0 radical (unpaired) electrons. The Morgan fingerprint density at radius 1 is 1.57 bits per heavy atom. The Kier molecular flexibility index (Phi) is 5.08. The van der Waals surface area contributed by atoms with Gasteiger partial charge in [0, 0.05) is 19.0 Å². The van der Waals surface area contributed by atoms with Gasteiger partial charge in [-0.15, -0.1) is 0 Å². The summed E-state index contributed by atoms with van der Waals surface area (Å²) in [5.74, 6) is 1.07. The van der Waals surface area contributed by atoms with E-state index in [2.05, 4.69) is 24.4 Å². The summed E-state index contributed by atoms with van der Waals surface area (Å²) in [5.41, 5.74) is 0. The van der Waals surface area contributed by atoms with E-state index in [4.69, 9.17) is 4.42 Å². The zero-order valence-corrected chi connectivity index (χ0v) is 8.99. The van der Waals surface area contributed by atoms with E-state index in [1.54, 1.807) is 6.26 Å². The van der Waals surface area contributed by atoms with Crippen LogP contribution in [0.25, 0.3) is 0 Å². The highest BCUT2D eigenvalue weighted by atomic mass is 16.3. The number of furan rings is 1. The van der Waals surface area contributed by atoms with Gasteiger partial charge < -0.3 is 9.73 Å². The average Bonchev–Trinajstić information content (AvgIpc) is 2.68. The molecule has 0 aliphatic carbocycles. The largest absolute Gasteiger partial charge is 0.469 e. The number of rotatable bonds is 6. The van der Waals surface area contributed by atoms with Gasteiger partial charge in [-0.25, -0.2) is 0 Å². The second-order valence-electron chi connectivity index (χ2n) is 3.50. The van der Waals surface area contributed by atoms with Crippen LogP contribution in [-0.2, 0) is 6.42 Å². The monoisotopic (exact) mass is 193 g/mol. The molecular formula is C12H19NO. The van der Waals surface area contributed by atoms with Crippen LogP contribution >= 0.6 is 0 Å². The molecule has 1 N–H and O–H groups in total. The molecule has 14 heavy (non-hydrogen) atoms. The van der Waals surface area contributed by atoms with Crippen molar-refractivity contribution < 1.29 is 4.42 Å². The first-order chi connectivity index (χ1) is 6.83. The summed E-state index contributed by atoms with van der Waals surface area (Å²) in [6.45, 7) is 5.19. The molecule has 1 atom stereocenters. The Hall–Kier alpha value is -1.02. The molecule has 0 aliphatic heterocycles. The third-order valence-corrected chi connectivity index (χ3v) is 2.22. The molecular weight excluding hydrogens is 174 g/mol. The van der Waals surface area contributed by atoms with Crippen LogP contribution in [0.4, 0.5) is 0 Å². The minimum Gasteiger partial charge on any atom is -0.469 e. The molecule has 0 fully saturated rings. The lowest BCUT2D eigenvalue weighted by atomic mass is 10.1. The van der Waals surface area contributed by atoms with Crippen molar-refractivity contribution in [2.75, 3.05) is 6.54 Å². The minimum absolute atomic E-state index is 0.538. The van der Waals surface area contributed by atoms with Crippen LogP contribution in [-0.4, -0.2) is 12.6 Å². The predicted molar refractivity (Wildman–Crippen MR) is 59.3 cm³/mol. The molecule has 2 nitrogen and oxygen atoms in total. The molecule has 2 heteroatoms. The second-order valence-corrected chi connectivity index (χ2v) is 3.50. The Morgan fingerprint density at radius 3 is 3.07 bits per heavy atom. The normalized spacial score (nSPS) is 13.6. The van der Waals surface area contributed by atoms with Gasteiger partial charge in [-0.2, -0.15) is 0 Å². The van der Waals surface area contributed by atoms with E-state index in [0.29, 0.717) is 6.04 Å². The molecule has 0 aliphatic rings. The molecule has 1 heterocycles. The molecule has 0 bridgehead atoms. The topological polar surface area (TPSA) is 25.2 Å². The van der Waals surface area contributed by atoms with Crippen molar-refractivity contribution in [3.8, 4) is 0 Å². The van der Waals surface area contributed by atoms with E-state index in [9.17, 15) is 0 Å². The summed E-state index contributed by atoms with van der Waals surface area (Å²) >= 11 is 0. The number of hydrogen-bond acceptors (Lipinski definition) is 2. The fraction of sp³-hybridized carbons (Fsp3) is 0.500. The van der Waals surface area contributed by atoms with E-state index < -0.39 is 0 Å². The summed E-state index contributed by atoms with van der Waals surface area (Å²) in [7, 11) is 0. The van der Waals surface area contributed by atoms with Crippen molar-refractivity contribution >= 4 is 0 Å². The Morgan fingerprint density at radius 2 is 2.43 bits per heavy atom. The lowest BCUT2D eigenvalue weighted by molar-refractivity contribution is 0.469. The number of aryl methyl sites for hydroxylation is 1. The van der Waals surface area contributed by atoms with Crippen LogP contribution < -0.4 is 5.32 Å². The van der Waals surface area contributed by atoms with Crippen LogP contribution in [0.3, 0.4) is 0 Å². The minimum atomic E-state index is 0.538. The van der Waals surface area contributed by atoms with Crippen LogP contribution in [0.5, 0.6) is 0 Å². The Balaban J connectivity index is 2.12. The summed E-state index contributed by atoms with van der Waals surface area (Å²) in [4.78, 5) is 0. The van der Waals surface area contributed by atoms with Crippen LogP contribution in [0.15, 0.2) is 35.0 Å². The summed E-state index contributed by atoms with van der Waals surface area (Å²) in [5, 5.41) is 3.42. The molecule has 1 rings (SSSR count). The van der Waals surface area contributed by atoms with Crippen molar-refractivity contribution in [3.63, 3.8) is 0 Å². The van der Waals surface area contributed by atoms with Crippen LogP contribution in [0.1, 0.15) is 26.0 Å². The maximum Gasteiger partial charge on any atom is 0.103 e. The maximum absolute atomic E-state index is 5.27. The van der Waals surface area contributed by atoms with Crippen molar-refractivity contribution in [3.05, 3.63) is 36.3 Å². The van der Waals surface area contributed by atoms with Crippen LogP contribution in [0, 0.1) is 0 Å². The first-order valence-corrected chi connectivity index (χ1v) is 5.20. The molecule has 78 valence electrons. The molecule has 1 aromatic heterocycles. The first kappa shape index (κ1) is 11.1. The molecule has 0 amide bonds. The summed E-state index contributed by atoms with van der Waals surface area (Å²) in [6.07, 6.45) is 8.05. The molecule has 1 unspecified atom stereocenters. The van der Waals surface area contributed by atoms with Crippen molar-refractivity contribution in [2.24, 2.45) is 0 Å². The van der Waals surface area contributed by atoms with E-state index in [1.165, 1.54) is 0 Å². The van der Waals surface area contributed by atoms with E-state index >= 15 is 0 Å². The van der Waals surface area contributed by atoms with Gasteiger partial charge in [0.05, 0.1) is 6.26 Å². The van der Waals surface area contributed by atoms with Crippen LogP contribution in [0.2, 0.25) is 0 Å². The van der Waals surface area contributed by atoms with Gasteiger partial charge in [0.25, 0.3) is 0 Å². The van der Waals surface area contributed by atoms with Gasteiger partial charge in [-0.05, 0) is 32.4 Å². The number of nitrogens with one attached hydrogen (secondary N) is 1. The smallest absolute Gasteiger partial charge is 0.103 e. The third kappa shape index (κ3) is 4.28. The summed E-state index contributed by atoms with van der Waals surface area (Å²) < 4.78 is 5.27. The highest BCUT2D eigenvalue weighted by molar-refractivity contribution is 4.98. The average molecular weight is 193 g/mol. The van der Waals surface area contributed by atoms with Gasteiger partial charge in [-0.3, -0.25) is 0 Å². The highest BCUT2D eigenvalue weighted by Crippen LogP contribution is 2.05. The number of hydrogen-bond donors (Lipinski definition) is 1. The van der Waals surface area contributed by atoms with E-state index in [-0.39, 0.29) is 0 Å². The van der Waals surface area contributed by atoms with Gasteiger partial charge in [-0.1, -0.05) is 12.2 Å². The Labute approximate surface area is 86.0 Å². The quantitative estimate of drug-likeness (QED) is 0.703. The lowest BCUT2D eigenvalue weighted by Gasteiger charge is -2.10. The van der Waals surface area contributed by atoms with E-state index in [1.807, 2.05) is 19.1 Å². The zero-order chi connectivity index (χ0) is 10.2. The molecule has 1 aromatic rings. The SMILES string of the molecule is C/C=C/CNC(C)CCc1ccco1. The van der Waals surface area contributed by atoms with Crippen molar-refractivity contribution in [1.29, 1.82) is 0 Å². The fourth-order valence-corrected chi connectivity index (χ4v) is 1.30. The summed E-state index contributed by atoms with van der Waals surface area (Å²) in [6, 6.07) is 4.50. The standard InChI is InChI=1S/C12H19NO/c1-3-4-9-13-11(2)7-8-12-6-5-10-14-12/h3-6,10-11,13H,7-9H2,1-2H3/b4-3+. The second kappa shape index (κ2) is 6.44. The van der Waals surface area contributed by atoms with Gasteiger partial charge in [0.1, 0.15) is 5.76 Å². The first-order valence-electron chi connectivity index (χ1n) is 5.20. The molecule has 0 aromatic carbocycles. The molecule has 0 spiro atoms. The predicted octanol–water partition coefficient (Wildman–Crippen LogP) is 2.77. The fourth-order valence-electron chi connectivity index (χ4n) is 1.30. The van der Waals surface area contributed by atoms with Gasteiger partial charge in [0.15, 0.2) is 0 Å². The van der Waals surface area contributed by atoms with Crippen molar-refractivity contribution in [2.45, 2.75) is 32.7 Å². The number of allylic oxidation sites excluding steroid dienone is 1. The van der Waals surface area contributed by atoms with Gasteiger partial charge in [0.2, 0.25) is 0 Å². The maximum atomic E-state index is 5.27. The zero-order valence-electron chi connectivity index (χ0n) is 8.99. The van der Waals surface area contributed by atoms with E-state index in [0.717, 1.165) is 25.1 Å². The third-order valence-electron chi connectivity index (χ3n) is 2.22. The molecule has 0 saturated heterocycles.